The van der Waals surface area contributed by atoms with E-state index < -0.39 is 0 Å². The molecule has 0 bridgehead atoms. The number of aliphatic hydroxyl groups is 1. The van der Waals surface area contributed by atoms with E-state index in [1.807, 2.05) is 0 Å². The van der Waals surface area contributed by atoms with E-state index in [-0.39, 0.29) is 16.9 Å². The molecule has 4 aliphatic rings. The molecule has 4 saturated carbocycles. The molecule has 0 saturated heterocycles. The number of hydrogen-bond donors (Lipinski definition) is 1. The van der Waals surface area contributed by atoms with Crippen LogP contribution in [0.1, 0.15) is 72.1 Å². The van der Waals surface area contributed by atoms with Gasteiger partial charge in [-0.15, -0.1) is 0 Å². The Labute approximate surface area is 147 Å². The van der Waals surface area contributed by atoms with Crippen molar-refractivity contribution in [2.45, 2.75) is 78.2 Å². The molecule has 8 atom stereocenters. The van der Waals surface area contributed by atoms with Crippen molar-refractivity contribution in [3.63, 3.8) is 0 Å². The molecule has 0 aromatic carbocycles. The summed E-state index contributed by atoms with van der Waals surface area (Å²) < 4.78 is 0. The number of hydrogen-bond acceptors (Lipinski definition) is 2. The third kappa shape index (κ3) is 2.08. The van der Waals surface area contributed by atoms with E-state index in [0.717, 1.165) is 32.1 Å². The van der Waals surface area contributed by atoms with Gasteiger partial charge in [0, 0.05) is 11.8 Å². The van der Waals surface area contributed by atoms with Crippen LogP contribution in [0.5, 0.6) is 0 Å². The van der Waals surface area contributed by atoms with Crippen LogP contribution in [0, 0.1) is 40.4 Å². The molecule has 0 spiro atoms. The Morgan fingerprint density at radius 1 is 1.12 bits per heavy atom. The fourth-order valence-corrected chi connectivity index (χ4v) is 7.73. The zero-order valence-electron chi connectivity index (χ0n) is 15.7. The predicted molar refractivity (Wildman–Crippen MR) is 96.4 cm³/mol. The van der Waals surface area contributed by atoms with Gasteiger partial charge in [-0.2, -0.15) is 0 Å². The van der Waals surface area contributed by atoms with Crippen molar-refractivity contribution in [1.82, 2.24) is 0 Å². The van der Waals surface area contributed by atoms with Crippen molar-refractivity contribution >= 4 is 5.78 Å². The summed E-state index contributed by atoms with van der Waals surface area (Å²) in [6.07, 6.45) is 8.58. The van der Waals surface area contributed by atoms with E-state index >= 15 is 0 Å². The highest BCUT2D eigenvalue weighted by molar-refractivity contribution is 5.87. The second-order valence-corrected chi connectivity index (χ2v) is 9.97. The van der Waals surface area contributed by atoms with E-state index in [0.29, 0.717) is 35.4 Å². The third-order valence-electron chi connectivity index (χ3n) is 9.10. The topological polar surface area (TPSA) is 37.3 Å². The summed E-state index contributed by atoms with van der Waals surface area (Å²) in [6.45, 7) is 11.1. The van der Waals surface area contributed by atoms with Gasteiger partial charge in [0.1, 0.15) is 5.78 Å². The predicted octanol–water partition coefficient (Wildman–Crippen LogP) is 4.76. The standard InChI is InChI=1S/C22H34O2/c1-13(2)17-7-8-18-16-6-5-14-11-15(23)9-10-21(14,3)19(16)12-20(24)22(17,18)4/h14-19,23H,1,5-12H2,2-4H3/t14-,15-,16?,17+,18?,19?,21-,22+/m0/s1. The van der Waals surface area contributed by atoms with Gasteiger partial charge in [0.05, 0.1) is 6.10 Å². The van der Waals surface area contributed by atoms with E-state index in [2.05, 4.69) is 27.4 Å². The van der Waals surface area contributed by atoms with Crippen LogP contribution in [0.3, 0.4) is 0 Å². The molecule has 3 unspecified atom stereocenters. The van der Waals surface area contributed by atoms with Crippen LogP contribution in [0.15, 0.2) is 12.2 Å². The van der Waals surface area contributed by atoms with Gasteiger partial charge in [0.25, 0.3) is 0 Å². The fourth-order valence-electron chi connectivity index (χ4n) is 7.73. The molecule has 0 radical (unpaired) electrons. The zero-order chi connectivity index (χ0) is 17.3. The molecule has 0 aliphatic heterocycles. The van der Waals surface area contributed by atoms with E-state index in [9.17, 15) is 9.90 Å². The Morgan fingerprint density at radius 2 is 1.88 bits per heavy atom. The molecule has 0 amide bonds. The van der Waals surface area contributed by atoms with Gasteiger partial charge in [-0.3, -0.25) is 4.79 Å². The Bertz CT molecular complexity index is 566. The molecule has 1 N–H and O–H groups in total. The average molecular weight is 331 g/mol. The Balaban J connectivity index is 1.68. The molecule has 24 heavy (non-hydrogen) atoms. The van der Waals surface area contributed by atoms with Crippen LogP contribution in [-0.2, 0) is 4.79 Å². The van der Waals surface area contributed by atoms with Crippen molar-refractivity contribution in [3.05, 3.63) is 12.2 Å². The van der Waals surface area contributed by atoms with Gasteiger partial charge in [0.2, 0.25) is 0 Å². The van der Waals surface area contributed by atoms with Gasteiger partial charge >= 0.3 is 0 Å². The largest absolute Gasteiger partial charge is 0.393 e. The average Bonchev–Trinajstić information content (AvgIpc) is 2.88. The Morgan fingerprint density at radius 3 is 2.58 bits per heavy atom. The molecule has 4 fully saturated rings. The first-order chi connectivity index (χ1) is 11.3. The number of Topliss-reactive ketones (excluding diaryl/α,β-unsaturated/α-hetero) is 1. The van der Waals surface area contributed by atoms with Crippen LogP contribution in [0.4, 0.5) is 0 Å². The maximum atomic E-state index is 13.4. The van der Waals surface area contributed by atoms with Crippen molar-refractivity contribution < 1.29 is 9.90 Å². The first kappa shape index (κ1) is 16.8. The highest BCUT2D eigenvalue weighted by Crippen LogP contribution is 2.67. The quantitative estimate of drug-likeness (QED) is 0.704. The highest BCUT2D eigenvalue weighted by atomic mass is 16.3. The molecule has 2 nitrogen and oxygen atoms in total. The molecule has 4 rings (SSSR count). The highest BCUT2D eigenvalue weighted by Gasteiger charge is 2.63. The van der Waals surface area contributed by atoms with E-state index in [1.165, 1.54) is 24.8 Å². The molecular formula is C22H34O2. The normalized spacial score (nSPS) is 53.9. The van der Waals surface area contributed by atoms with E-state index in [4.69, 9.17) is 0 Å². The Kier molecular flexibility index (Phi) is 3.81. The van der Waals surface area contributed by atoms with Gasteiger partial charge in [0.15, 0.2) is 0 Å². The Hall–Kier alpha value is -0.630. The van der Waals surface area contributed by atoms with Gasteiger partial charge < -0.3 is 5.11 Å². The lowest BCUT2D eigenvalue weighted by molar-refractivity contribution is -0.158. The van der Waals surface area contributed by atoms with Gasteiger partial charge in [-0.05, 0) is 86.9 Å². The van der Waals surface area contributed by atoms with Gasteiger partial charge in [-0.25, -0.2) is 0 Å². The number of carbonyl (C=O) groups excluding carboxylic acids is 1. The number of fused-ring (bicyclic) bond motifs is 5. The minimum absolute atomic E-state index is 0.108. The second kappa shape index (κ2) is 5.43. The molecule has 0 heterocycles. The first-order valence-corrected chi connectivity index (χ1v) is 10.1. The minimum atomic E-state index is -0.148. The summed E-state index contributed by atoms with van der Waals surface area (Å²) in [6, 6.07) is 0. The van der Waals surface area contributed by atoms with Crippen molar-refractivity contribution in [3.8, 4) is 0 Å². The zero-order valence-corrected chi connectivity index (χ0v) is 15.7. The number of allylic oxidation sites excluding steroid dienone is 1. The van der Waals surface area contributed by atoms with Gasteiger partial charge in [-0.1, -0.05) is 26.0 Å². The molecular weight excluding hydrogens is 296 g/mol. The van der Waals surface area contributed by atoms with Crippen LogP contribution >= 0.6 is 0 Å². The number of carbonyl (C=O) groups is 1. The van der Waals surface area contributed by atoms with Crippen LogP contribution < -0.4 is 0 Å². The first-order valence-electron chi connectivity index (χ1n) is 10.1. The lowest BCUT2D eigenvalue weighted by Crippen LogP contribution is -2.57. The summed E-state index contributed by atoms with van der Waals surface area (Å²) >= 11 is 0. The maximum absolute atomic E-state index is 13.4. The smallest absolute Gasteiger partial charge is 0.139 e. The summed E-state index contributed by atoms with van der Waals surface area (Å²) in [4.78, 5) is 13.4. The van der Waals surface area contributed by atoms with Crippen molar-refractivity contribution in [2.75, 3.05) is 0 Å². The SMILES string of the molecule is C=C(C)[C@H]1CCC2C3CC[C@H]4C[C@@H](O)CC[C@]4(C)C3CC(=O)[C@@]21C. The van der Waals surface area contributed by atoms with Crippen LogP contribution in [0.2, 0.25) is 0 Å². The maximum Gasteiger partial charge on any atom is 0.139 e. The molecule has 4 aliphatic carbocycles. The van der Waals surface area contributed by atoms with Crippen molar-refractivity contribution in [2.24, 2.45) is 40.4 Å². The second-order valence-electron chi connectivity index (χ2n) is 9.97. The number of rotatable bonds is 1. The van der Waals surface area contributed by atoms with Crippen molar-refractivity contribution in [1.29, 1.82) is 0 Å². The number of ketones is 1. The third-order valence-corrected chi connectivity index (χ3v) is 9.10. The van der Waals surface area contributed by atoms with E-state index in [1.54, 1.807) is 0 Å². The number of aliphatic hydroxyl groups excluding tert-OH is 1. The van der Waals surface area contributed by atoms with Crippen LogP contribution in [-0.4, -0.2) is 17.0 Å². The lowest BCUT2D eigenvalue weighted by Gasteiger charge is -2.60. The lowest BCUT2D eigenvalue weighted by atomic mass is 9.44. The molecule has 134 valence electrons. The summed E-state index contributed by atoms with van der Waals surface area (Å²) in [5.41, 5.74) is 1.35. The summed E-state index contributed by atoms with van der Waals surface area (Å²) in [5.74, 6) is 3.38. The molecule has 2 heteroatoms. The summed E-state index contributed by atoms with van der Waals surface area (Å²) in [7, 11) is 0. The molecule has 0 aromatic heterocycles. The summed E-state index contributed by atoms with van der Waals surface area (Å²) in [5, 5.41) is 10.1. The fraction of sp³-hybridized carbons (Fsp3) is 0.864. The minimum Gasteiger partial charge on any atom is -0.393 e. The monoisotopic (exact) mass is 330 g/mol. The molecule has 0 aromatic rings. The van der Waals surface area contributed by atoms with Crippen LogP contribution in [0.25, 0.3) is 0 Å².